The summed E-state index contributed by atoms with van der Waals surface area (Å²) in [5.41, 5.74) is 4.26. The summed E-state index contributed by atoms with van der Waals surface area (Å²) in [6.07, 6.45) is -5.25. The second kappa shape index (κ2) is 8.28. The number of benzene rings is 2. The Morgan fingerprint density at radius 3 is 2.30 bits per heavy atom. The highest BCUT2D eigenvalue weighted by Crippen LogP contribution is 2.37. The number of nitrogens with two attached hydrogens (primary N) is 1. The lowest BCUT2D eigenvalue weighted by atomic mass is 10.2. The van der Waals surface area contributed by atoms with Gasteiger partial charge < -0.3 is 5.73 Å². The van der Waals surface area contributed by atoms with Gasteiger partial charge in [0.2, 0.25) is 15.9 Å². The van der Waals surface area contributed by atoms with Gasteiger partial charge >= 0.3 is 6.18 Å². The molecule has 0 saturated heterocycles. The average Bonchev–Trinajstić information content (AvgIpc) is 2.58. The van der Waals surface area contributed by atoms with Gasteiger partial charge in [0, 0.05) is 24.5 Å². The number of hydrogen-bond donors (Lipinski definition) is 1. The molecule has 0 aliphatic heterocycles. The van der Waals surface area contributed by atoms with Crippen LogP contribution in [0.1, 0.15) is 17.5 Å². The smallest absolute Gasteiger partial charge is 0.370 e. The van der Waals surface area contributed by atoms with Crippen molar-refractivity contribution in [3.63, 3.8) is 0 Å². The van der Waals surface area contributed by atoms with E-state index in [1.165, 1.54) is 0 Å². The molecule has 0 atom stereocenters. The molecule has 0 fully saturated rings. The van der Waals surface area contributed by atoms with Crippen LogP contribution >= 0.6 is 11.6 Å². The molecule has 27 heavy (non-hydrogen) atoms. The number of amides is 1. The number of primary amides is 1. The summed E-state index contributed by atoms with van der Waals surface area (Å²) in [5, 5.41) is -0.243. The largest absolute Gasteiger partial charge is 0.417 e. The third-order valence-electron chi connectivity index (χ3n) is 3.67. The molecule has 0 heterocycles. The maximum Gasteiger partial charge on any atom is 0.417 e. The van der Waals surface area contributed by atoms with Crippen LogP contribution in [0.15, 0.2) is 53.4 Å². The van der Waals surface area contributed by atoms with Gasteiger partial charge in [0.15, 0.2) is 0 Å². The van der Waals surface area contributed by atoms with Crippen molar-refractivity contribution < 1.29 is 26.4 Å². The first-order chi connectivity index (χ1) is 12.5. The molecule has 146 valence electrons. The number of carbonyl (C=O) groups excluding carboxylic acids is 1. The minimum atomic E-state index is -4.92. The van der Waals surface area contributed by atoms with Crippen LogP contribution in [0.5, 0.6) is 0 Å². The first-order valence-corrected chi connectivity index (χ1v) is 9.53. The lowest BCUT2D eigenvalue weighted by Gasteiger charge is -2.24. The highest BCUT2D eigenvalue weighted by atomic mass is 35.5. The molecule has 5 nitrogen and oxygen atoms in total. The summed E-state index contributed by atoms with van der Waals surface area (Å²) in [6.45, 7) is -0.567. The number of alkyl halides is 3. The average molecular weight is 421 g/mol. The third kappa shape index (κ3) is 5.44. The second-order valence-electron chi connectivity index (χ2n) is 5.68. The molecule has 0 aliphatic rings. The van der Waals surface area contributed by atoms with Crippen LogP contribution < -0.4 is 5.73 Å². The van der Waals surface area contributed by atoms with Gasteiger partial charge in [-0.05, 0) is 23.8 Å². The molecule has 0 radical (unpaired) electrons. The maximum absolute atomic E-state index is 13.3. The predicted molar refractivity (Wildman–Crippen MR) is 94.3 cm³/mol. The third-order valence-corrected chi connectivity index (χ3v) is 5.81. The fourth-order valence-corrected chi connectivity index (χ4v) is 4.19. The molecule has 0 bridgehead atoms. The summed E-state index contributed by atoms with van der Waals surface area (Å²) in [7, 11) is -4.58. The van der Waals surface area contributed by atoms with Crippen LogP contribution in [0, 0.1) is 0 Å². The Morgan fingerprint density at radius 2 is 1.74 bits per heavy atom. The van der Waals surface area contributed by atoms with E-state index < -0.39 is 32.6 Å². The van der Waals surface area contributed by atoms with E-state index in [1.807, 2.05) is 0 Å². The minimum Gasteiger partial charge on any atom is -0.370 e. The predicted octanol–water partition coefficient (Wildman–Crippen LogP) is 3.43. The molecule has 0 spiro atoms. The van der Waals surface area contributed by atoms with Gasteiger partial charge in [0.25, 0.3) is 0 Å². The van der Waals surface area contributed by atoms with Crippen LogP contribution in [0.25, 0.3) is 0 Å². The molecule has 10 heteroatoms. The van der Waals surface area contributed by atoms with Gasteiger partial charge in [-0.2, -0.15) is 17.5 Å². The standard InChI is InChI=1S/C17H16ClF3N2O3S/c18-13-6-7-15(14(10-13)17(19,20)21)27(25,26)23(9-8-16(22)24)11-12-4-2-1-3-5-12/h1-7,10H,8-9,11H2,(H2,22,24). The van der Waals surface area contributed by atoms with Crippen molar-refractivity contribution in [2.24, 2.45) is 5.73 Å². The van der Waals surface area contributed by atoms with Crippen molar-refractivity contribution >= 4 is 27.5 Å². The van der Waals surface area contributed by atoms with E-state index in [0.717, 1.165) is 16.4 Å². The van der Waals surface area contributed by atoms with E-state index in [1.54, 1.807) is 30.3 Å². The molecule has 2 aromatic carbocycles. The van der Waals surface area contributed by atoms with Crippen molar-refractivity contribution in [3.05, 3.63) is 64.7 Å². The Labute approximate surface area is 159 Å². The van der Waals surface area contributed by atoms with Gasteiger partial charge in [0.05, 0.1) is 10.5 Å². The zero-order chi connectivity index (χ0) is 20.2. The van der Waals surface area contributed by atoms with Crippen molar-refractivity contribution in [1.29, 1.82) is 0 Å². The fraction of sp³-hybridized carbons (Fsp3) is 0.235. The number of rotatable bonds is 7. The Kier molecular flexibility index (Phi) is 6.50. The summed E-state index contributed by atoms with van der Waals surface area (Å²) in [6, 6.07) is 10.7. The topological polar surface area (TPSA) is 80.5 Å². The molecule has 2 rings (SSSR count). The monoisotopic (exact) mass is 420 g/mol. The molecule has 0 saturated carbocycles. The number of nitrogens with zero attached hydrogens (tertiary/aromatic N) is 1. The van der Waals surface area contributed by atoms with E-state index in [4.69, 9.17) is 17.3 Å². The highest BCUT2D eigenvalue weighted by Gasteiger charge is 2.39. The first-order valence-electron chi connectivity index (χ1n) is 7.71. The SMILES string of the molecule is NC(=O)CCN(Cc1ccccc1)S(=O)(=O)c1ccc(Cl)cc1C(F)(F)F. The van der Waals surface area contributed by atoms with Gasteiger partial charge in [-0.1, -0.05) is 41.9 Å². The van der Waals surface area contributed by atoms with Crippen LogP contribution in [-0.2, 0) is 27.5 Å². The molecule has 0 unspecified atom stereocenters. The molecule has 0 aliphatic carbocycles. The molecule has 0 aromatic heterocycles. The van der Waals surface area contributed by atoms with Crippen LogP contribution in [0.4, 0.5) is 13.2 Å². The van der Waals surface area contributed by atoms with Crippen LogP contribution in [0.2, 0.25) is 5.02 Å². The van der Waals surface area contributed by atoms with Crippen molar-refractivity contribution in [3.8, 4) is 0 Å². The Bertz CT molecular complexity index is 919. The quantitative estimate of drug-likeness (QED) is 0.745. The summed E-state index contributed by atoms with van der Waals surface area (Å²) in [5.74, 6) is -0.768. The lowest BCUT2D eigenvalue weighted by molar-refractivity contribution is -0.140. The van der Waals surface area contributed by atoms with Crippen molar-refractivity contribution in [2.75, 3.05) is 6.54 Å². The lowest BCUT2D eigenvalue weighted by Crippen LogP contribution is -2.34. The van der Waals surface area contributed by atoms with E-state index in [-0.39, 0.29) is 24.5 Å². The summed E-state index contributed by atoms with van der Waals surface area (Å²) < 4.78 is 66.8. The summed E-state index contributed by atoms with van der Waals surface area (Å²) in [4.78, 5) is 10.2. The highest BCUT2D eigenvalue weighted by molar-refractivity contribution is 7.89. The Morgan fingerprint density at radius 1 is 1.11 bits per heavy atom. The molecular weight excluding hydrogens is 405 g/mol. The van der Waals surface area contributed by atoms with E-state index in [9.17, 15) is 26.4 Å². The van der Waals surface area contributed by atoms with E-state index in [0.29, 0.717) is 11.6 Å². The molecule has 2 N–H and O–H groups in total. The number of halogens is 4. The first kappa shape index (κ1) is 21.2. The Hall–Kier alpha value is -2.10. The fourth-order valence-electron chi connectivity index (χ4n) is 2.39. The zero-order valence-corrected chi connectivity index (χ0v) is 15.5. The van der Waals surface area contributed by atoms with Crippen LogP contribution in [-0.4, -0.2) is 25.2 Å². The normalized spacial score (nSPS) is 12.3. The second-order valence-corrected chi connectivity index (χ2v) is 8.02. The minimum absolute atomic E-state index is 0.212. The van der Waals surface area contributed by atoms with Crippen molar-refractivity contribution in [1.82, 2.24) is 4.31 Å². The Balaban J connectivity index is 2.52. The molecular formula is C17H16ClF3N2O3S. The summed E-state index contributed by atoms with van der Waals surface area (Å²) >= 11 is 5.62. The number of carbonyl (C=O) groups is 1. The van der Waals surface area contributed by atoms with Gasteiger partial charge in [-0.15, -0.1) is 0 Å². The molecule has 2 aromatic rings. The number of hydrogen-bond acceptors (Lipinski definition) is 3. The van der Waals surface area contributed by atoms with Gasteiger partial charge in [0.1, 0.15) is 0 Å². The van der Waals surface area contributed by atoms with Crippen molar-refractivity contribution in [2.45, 2.75) is 24.0 Å². The maximum atomic E-state index is 13.3. The van der Waals surface area contributed by atoms with Crippen LogP contribution in [0.3, 0.4) is 0 Å². The number of sulfonamides is 1. The van der Waals surface area contributed by atoms with E-state index >= 15 is 0 Å². The van der Waals surface area contributed by atoms with E-state index in [2.05, 4.69) is 0 Å². The van der Waals surface area contributed by atoms with Gasteiger partial charge in [-0.25, -0.2) is 8.42 Å². The zero-order valence-electron chi connectivity index (χ0n) is 13.9. The van der Waals surface area contributed by atoms with Gasteiger partial charge in [-0.3, -0.25) is 4.79 Å². The molecule has 1 amide bonds.